The number of halogens is 2. The number of carbonyl (C=O) groups excluding carboxylic acids is 1. The van der Waals surface area contributed by atoms with Gasteiger partial charge in [-0.2, -0.15) is 0 Å². The smallest absolute Gasteiger partial charge is 0.266 e. The predicted molar refractivity (Wildman–Crippen MR) is 123 cm³/mol. The number of hydrogen-bond acceptors (Lipinski definition) is 6. The lowest BCUT2D eigenvalue weighted by Crippen LogP contribution is -2.40. The predicted octanol–water partition coefficient (Wildman–Crippen LogP) is 3.99. The molecule has 0 bridgehead atoms. The minimum atomic E-state index is -0.482. The van der Waals surface area contributed by atoms with E-state index in [1.54, 1.807) is 17.0 Å². The topological polar surface area (TPSA) is 54.9 Å². The quantitative estimate of drug-likeness (QED) is 0.503. The van der Waals surface area contributed by atoms with Crippen molar-refractivity contribution in [2.75, 3.05) is 50.9 Å². The maximum Gasteiger partial charge on any atom is 0.266 e. The summed E-state index contributed by atoms with van der Waals surface area (Å²) in [6, 6.07) is 13.9. The average Bonchev–Trinajstić information content (AvgIpc) is 3.20. The Morgan fingerprint density at radius 2 is 1.90 bits per heavy atom. The Bertz CT molecular complexity index is 964. The van der Waals surface area contributed by atoms with Crippen molar-refractivity contribution in [3.63, 3.8) is 0 Å². The lowest BCUT2D eigenvalue weighted by Gasteiger charge is -2.27. The first-order valence-electron chi connectivity index (χ1n) is 10.0. The van der Waals surface area contributed by atoms with Crippen molar-refractivity contribution in [3.8, 4) is 5.75 Å². The van der Waals surface area contributed by atoms with E-state index < -0.39 is 5.82 Å². The van der Waals surface area contributed by atoms with Crippen LogP contribution in [0, 0.1) is 5.82 Å². The summed E-state index contributed by atoms with van der Waals surface area (Å²) in [5, 5.41) is 0.639. The van der Waals surface area contributed by atoms with Crippen molar-refractivity contribution >= 4 is 45.0 Å². The number of fused-ring (bicyclic) bond motifs is 1. The Kier molecular flexibility index (Phi) is 8.60. The summed E-state index contributed by atoms with van der Waals surface area (Å²) >= 11 is 1.48. The van der Waals surface area contributed by atoms with Crippen molar-refractivity contribution in [2.45, 2.75) is 6.42 Å². The highest BCUT2D eigenvalue weighted by atomic mass is 35.5. The van der Waals surface area contributed by atoms with Gasteiger partial charge in [0, 0.05) is 26.2 Å². The van der Waals surface area contributed by atoms with Gasteiger partial charge in [-0.1, -0.05) is 35.6 Å². The highest BCUT2D eigenvalue weighted by molar-refractivity contribution is 7.22. The van der Waals surface area contributed by atoms with Gasteiger partial charge in [0.2, 0.25) is 0 Å². The van der Waals surface area contributed by atoms with Crippen molar-refractivity contribution in [3.05, 3.63) is 54.3 Å². The lowest BCUT2D eigenvalue weighted by atomic mass is 10.3. The molecular formula is C22H25ClFN3O3S. The Balaban J connectivity index is 0.00000272. The van der Waals surface area contributed by atoms with Crippen LogP contribution in [0.15, 0.2) is 48.5 Å². The van der Waals surface area contributed by atoms with E-state index in [0.29, 0.717) is 11.7 Å². The van der Waals surface area contributed by atoms with E-state index >= 15 is 0 Å². The molecule has 166 valence electrons. The summed E-state index contributed by atoms with van der Waals surface area (Å²) in [7, 11) is 0. The van der Waals surface area contributed by atoms with Crippen molar-refractivity contribution in [1.82, 2.24) is 9.88 Å². The Hall–Kier alpha value is -2.26. The van der Waals surface area contributed by atoms with Crippen LogP contribution in [0.5, 0.6) is 5.75 Å². The van der Waals surface area contributed by atoms with Gasteiger partial charge in [0.05, 0.1) is 23.4 Å². The van der Waals surface area contributed by atoms with Crippen LogP contribution in [0.1, 0.15) is 6.42 Å². The van der Waals surface area contributed by atoms with E-state index in [2.05, 4.69) is 9.88 Å². The fourth-order valence-electron chi connectivity index (χ4n) is 3.36. The zero-order chi connectivity index (χ0) is 20.8. The van der Waals surface area contributed by atoms with Gasteiger partial charge in [0.15, 0.2) is 23.3 Å². The highest BCUT2D eigenvalue weighted by Crippen LogP contribution is 2.29. The number of morpholine rings is 1. The molecule has 9 heteroatoms. The number of nitrogens with zero attached hydrogens (tertiary/aromatic N) is 3. The lowest BCUT2D eigenvalue weighted by molar-refractivity contribution is -0.120. The van der Waals surface area contributed by atoms with Crippen LogP contribution in [0.2, 0.25) is 0 Å². The molecule has 4 rings (SSSR count). The van der Waals surface area contributed by atoms with Crippen molar-refractivity contribution in [1.29, 1.82) is 0 Å². The molecular weight excluding hydrogens is 441 g/mol. The summed E-state index contributed by atoms with van der Waals surface area (Å²) in [6.45, 7) is 4.47. The molecule has 2 aromatic carbocycles. The molecule has 31 heavy (non-hydrogen) atoms. The third-order valence-corrected chi connectivity index (χ3v) is 6.02. The second kappa shape index (κ2) is 11.4. The van der Waals surface area contributed by atoms with Crippen LogP contribution in [0.3, 0.4) is 0 Å². The van der Waals surface area contributed by atoms with E-state index in [9.17, 15) is 9.18 Å². The van der Waals surface area contributed by atoms with Crippen LogP contribution >= 0.6 is 23.7 Å². The number of rotatable bonds is 8. The molecule has 0 N–H and O–H groups in total. The Labute approximate surface area is 191 Å². The second-order valence-electron chi connectivity index (χ2n) is 7.04. The minimum Gasteiger partial charge on any atom is -0.481 e. The van der Waals surface area contributed by atoms with Crippen LogP contribution < -0.4 is 9.64 Å². The summed E-state index contributed by atoms with van der Waals surface area (Å²) in [4.78, 5) is 21.6. The van der Waals surface area contributed by atoms with Gasteiger partial charge in [-0.25, -0.2) is 9.37 Å². The van der Waals surface area contributed by atoms with Crippen molar-refractivity contribution < 1.29 is 18.7 Å². The van der Waals surface area contributed by atoms with E-state index in [1.807, 2.05) is 24.3 Å². The van der Waals surface area contributed by atoms with E-state index in [-0.39, 0.29) is 30.7 Å². The molecule has 1 fully saturated rings. The number of carbonyl (C=O) groups is 1. The summed E-state index contributed by atoms with van der Waals surface area (Å²) in [5.74, 6) is -0.646. The SMILES string of the molecule is Cl.O=C(COc1ccccc1F)N(CCCN1CCOCC1)c1nc2ccccc2s1. The molecule has 0 radical (unpaired) electrons. The first kappa shape index (κ1) is 23.4. The van der Waals surface area contributed by atoms with Gasteiger partial charge in [-0.15, -0.1) is 12.4 Å². The first-order valence-corrected chi connectivity index (χ1v) is 10.9. The van der Waals surface area contributed by atoms with E-state index in [4.69, 9.17) is 9.47 Å². The minimum absolute atomic E-state index is 0. The maximum absolute atomic E-state index is 13.8. The Morgan fingerprint density at radius 3 is 2.68 bits per heavy atom. The molecule has 2 heterocycles. The summed E-state index contributed by atoms with van der Waals surface area (Å²) < 4.78 is 25.7. The molecule has 1 aromatic heterocycles. The van der Waals surface area contributed by atoms with E-state index in [0.717, 1.165) is 49.5 Å². The number of para-hydroxylation sites is 2. The molecule has 0 spiro atoms. The zero-order valence-corrected chi connectivity index (χ0v) is 18.7. The fourth-order valence-corrected chi connectivity index (χ4v) is 4.37. The average molecular weight is 466 g/mol. The van der Waals surface area contributed by atoms with Gasteiger partial charge in [0.1, 0.15) is 0 Å². The van der Waals surface area contributed by atoms with Gasteiger partial charge in [0.25, 0.3) is 5.91 Å². The number of thiazole rings is 1. The first-order chi connectivity index (χ1) is 14.7. The number of hydrogen-bond donors (Lipinski definition) is 0. The monoisotopic (exact) mass is 465 g/mol. The molecule has 0 unspecified atom stereocenters. The van der Waals surface area contributed by atoms with Crippen LogP contribution in [0.25, 0.3) is 10.2 Å². The maximum atomic E-state index is 13.8. The third-order valence-electron chi connectivity index (χ3n) is 4.96. The Morgan fingerprint density at radius 1 is 1.16 bits per heavy atom. The zero-order valence-electron chi connectivity index (χ0n) is 17.0. The van der Waals surface area contributed by atoms with Gasteiger partial charge in [-0.3, -0.25) is 14.6 Å². The third kappa shape index (κ3) is 6.13. The summed E-state index contributed by atoms with van der Waals surface area (Å²) in [6.07, 6.45) is 0.807. The second-order valence-corrected chi connectivity index (χ2v) is 8.05. The number of ether oxygens (including phenoxy) is 2. The number of anilines is 1. The highest BCUT2D eigenvalue weighted by Gasteiger charge is 2.21. The standard InChI is InChI=1S/C22H24FN3O3S.ClH/c23-17-6-1-3-8-19(17)29-16-21(27)26(11-5-10-25-12-14-28-15-13-25)22-24-18-7-2-4-9-20(18)30-22;/h1-4,6-9H,5,10-16H2;1H. The summed E-state index contributed by atoms with van der Waals surface area (Å²) in [5.41, 5.74) is 0.860. The molecule has 0 atom stereocenters. The van der Waals surface area contributed by atoms with Gasteiger partial charge < -0.3 is 9.47 Å². The molecule has 1 amide bonds. The molecule has 0 saturated carbocycles. The molecule has 6 nitrogen and oxygen atoms in total. The number of amides is 1. The normalized spacial score (nSPS) is 14.2. The molecule has 1 saturated heterocycles. The van der Waals surface area contributed by atoms with Crippen LogP contribution in [-0.2, 0) is 9.53 Å². The molecule has 3 aromatic rings. The molecule has 0 aliphatic carbocycles. The fraction of sp³-hybridized carbons (Fsp3) is 0.364. The largest absolute Gasteiger partial charge is 0.481 e. The van der Waals surface area contributed by atoms with Crippen LogP contribution in [0.4, 0.5) is 9.52 Å². The molecule has 1 aliphatic rings. The van der Waals surface area contributed by atoms with Gasteiger partial charge in [-0.05, 0) is 30.7 Å². The number of aromatic nitrogens is 1. The molecule has 1 aliphatic heterocycles. The number of benzene rings is 2. The van der Waals surface area contributed by atoms with E-state index in [1.165, 1.54) is 23.5 Å². The van der Waals surface area contributed by atoms with Crippen molar-refractivity contribution in [2.24, 2.45) is 0 Å². The van der Waals surface area contributed by atoms with Gasteiger partial charge >= 0.3 is 0 Å². The van der Waals surface area contributed by atoms with Crippen LogP contribution in [-0.4, -0.2) is 61.8 Å².